The van der Waals surface area contributed by atoms with E-state index in [1.165, 1.54) is 22.8 Å². The summed E-state index contributed by atoms with van der Waals surface area (Å²) in [6.45, 7) is 1.36. The molecule has 0 fully saturated rings. The van der Waals surface area contributed by atoms with Gasteiger partial charge in [0.1, 0.15) is 6.54 Å². The van der Waals surface area contributed by atoms with Crippen LogP contribution in [0.1, 0.15) is 18.1 Å². The predicted molar refractivity (Wildman–Crippen MR) is 106 cm³/mol. The second-order valence-corrected chi connectivity index (χ2v) is 6.88. The van der Waals surface area contributed by atoms with Crippen LogP contribution in [0, 0.1) is 0 Å². The number of hydrogen-bond donors (Lipinski definition) is 1. The zero-order valence-corrected chi connectivity index (χ0v) is 16.7. The van der Waals surface area contributed by atoms with E-state index >= 15 is 0 Å². The van der Waals surface area contributed by atoms with Gasteiger partial charge in [0.15, 0.2) is 5.82 Å². The van der Waals surface area contributed by atoms with E-state index in [2.05, 4.69) is 10.4 Å². The molecule has 1 heterocycles. The summed E-state index contributed by atoms with van der Waals surface area (Å²) in [5.74, 6) is -0.258. The van der Waals surface area contributed by atoms with Crippen molar-refractivity contribution in [1.82, 2.24) is 19.7 Å². The Balaban J connectivity index is 1.77. The van der Waals surface area contributed by atoms with Gasteiger partial charge in [0, 0.05) is 23.7 Å². The highest BCUT2D eigenvalue weighted by Gasteiger charge is 2.32. The quantitative estimate of drug-likeness (QED) is 0.637. The Morgan fingerprint density at radius 3 is 2.43 bits per heavy atom. The average molecular weight is 439 g/mol. The van der Waals surface area contributed by atoms with Crippen molar-refractivity contribution < 1.29 is 18.0 Å². The van der Waals surface area contributed by atoms with Crippen LogP contribution in [0.4, 0.5) is 13.2 Å². The van der Waals surface area contributed by atoms with E-state index in [-0.39, 0.29) is 12.1 Å². The number of alkyl halides is 3. The SMILES string of the molecule is CCn1c(-c2ccc(Cl)cc2)nn(CC(=O)NCc2ccccc2C(F)(F)F)c1=O. The first-order chi connectivity index (χ1) is 14.2. The third-order valence-corrected chi connectivity index (χ3v) is 4.69. The Morgan fingerprint density at radius 2 is 1.80 bits per heavy atom. The molecule has 1 amide bonds. The molecule has 3 aromatic rings. The van der Waals surface area contributed by atoms with Crippen molar-refractivity contribution in [3.05, 3.63) is 75.2 Å². The number of halogens is 4. The Hall–Kier alpha value is -3.07. The summed E-state index contributed by atoms with van der Waals surface area (Å²) >= 11 is 5.89. The molecule has 0 unspecified atom stereocenters. The van der Waals surface area contributed by atoms with Crippen molar-refractivity contribution in [1.29, 1.82) is 0 Å². The first-order valence-electron chi connectivity index (χ1n) is 9.06. The maximum absolute atomic E-state index is 13.1. The summed E-state index contributed by atoms with van der Waals surface area (Å²) in [5.41, 5.74) is -0.723. The minimum atomic E-state index is -4.52. The first-order valence-corrected chi connectivity index (χ1v) is 9.44. The molecule has 2 aromatic carbocycles. The standard InChI is InChI=1S/C20H18ClF3N4O2/c1-2-27-18(13-7-9-15(21)10-8-13)26-28(19(27)30)12-17(29)25-11-14-5-3-4-6-16(14)20(22,23)24/h3-10H,2,11-12H2,1H3,(H,25,29). The van der Waals surface area contributed by atoms with Crippen LogP contribution >= 0.6 is 11.6 Å². The van der Waals surface area contributed by atoms with E-state index < -0.39 is 29.9 Å². The molecule has 0 atom stereocenters. The molecule has 0 aliphatic rings. The summed E-state index contributed by atoms with van der Waals surface area (Å²) in [6, 6.07) is 11.7. The Bertz CT molecular complexity index is 1100. The van der Waals surface area contributed by atoms with Gasteiger partial charge in [-0.25, -0.2) is 9.48 Å². The molecule has 30 heavy (non-hydrogen) atoms. The smallest absolute Gasteiger partial charge is 0.350 e. The van der Waals surface area contributed by atoms with Crippen LogP contribution in [0.2, 0.25) is 5.02 Å². The third-order valence-electron chi connectivity index (χ3n) is 4.43. The zero-order valence-electron chi connectivity index (χ0n) is 15.9. The van der Waals surface area contributed by atoms with Crippen molar-refractivity contribution in [2.45, 2.75) is 32.7 Å². The van der Waals surface area contributed by atoms with E-state index in [1.54, 1.807) is 31.2 Å². The van der Waals surface area contributed by atoms with Crippen molar-refractivity contribution in [3.8, 4) is 11.4 Å². The lowest BCUT2D eigenvalue weighted by atomic mass is 10.1. The van der Waals surface area contributed by atoms with Crippen molar-refractivity contribution in [3.63, 3.8) is 0 Å². The minimum Gasteiger partial charge on any atom is -0.350 e. The molecule has 1 aromatic heterocycles. The maximum atomic E-state index is 13.1. The van der Waals surface area contributed by atoms with Gasteiger partial charge in [-0.05, 0) is 42.8 Å². The Kier molecular flexibility index (Phi) is 6.31. The monoisotopic (exact) mass is 438 g/mol. The van der Waals surface area contributed by atoms with Crippen LogP contribution in [0.3, 0.4) is 0 Å². The van der Waals surface area contributed by atoms with Gasteiger partial charge in [-0.15, -0.1) is 5.10 Å². The van der Waals surface area contributed by atoms with Crippen molar-refractivity contribution >= 4 is 17.5 Å². The lowest BCUT2D eigenvalue weighted by Crippen LogP contribution is -2.33. The highest BCUT2D eigenvalue weighted by atomic mass is 35.5. The van der Waals surface area contributed by atoms with E-state index in [0.717, 1.165) is 10.7 Å². The predicted octanol–water partition coefficient (Wildman–Crippen LogP) is 3.72. The maximum Gasteiger partial charge on any atom is 0.416 e. The fourth-order valence-electron chi connectivity index (χ4n) is 2.98. The summed E-state index contributed by atoms with van der Waals surface area (Å²) in [7, 11) is 0. The van der Waals surface area contributed by atoms with Gasteiger partial charge in [-0.1, -0.05) is 29.8 Å². The summed E-state index contributed by atoms with van der Waals surface area (Å²) in [4.78, 5) is 24.8. The van der Waals surface area contributed by atoms with E-state index in [4.69, 9.17) is 11.6 Å². The molecular weight excluding hydrogens is 421 g/mol. The summed E-state index contributed by atoms with van der Waals surface area (Å²) in [5, 5.41) is 7.16. The molecule has 158 valence electrons. The van der Waals surface area contributed by atoms with Crippen LogP contribution in [0.5, 0.6) is 0 Å². The summed E-state index contributed by atoms with van der Waals surface area (Å²) in [6.07, 6.45) is -4.52. The molecule has 0 aliphatic carbocycles. The largest absolute Gasteiger partial charge is 0.416 e. The van der Waals surface area contributed by atoms with Crippen LogP contribution in [-0.4, -0.2) is 20.3 Å². The number of nitrogens with one attached hydrogen (secondary N) is 1. The number of benzene rings is 2. The van der Waals surface area contributed by atoms with Gasteiger partial charge in [0.2, 0.25) is 5.91 Å². The molecule has 10 heteroatoms. The van der Waals surface area contributed by atoms with Gasteiger partial charge in [0.05, 0.1) is 5.56 Å². The van der Waals surface area contributed by atoms with Crippen LogP contribution in [0.25, 0.3) is 11.4 Å². The van der Waals surface area contributed by atoms with Crippen molar-refractivity contribution in [2.75, 3.05) is 0 Å². The normalized spacial score (nSPS) is 11.5. The molecule has 0 bridgehead atoms. The number of rotatable bonds is 6. The molecule has 0 saturated heterocycles. The molecule has 0 spiro atoms. The van der Waals surface area contributed by atoms with Crippen LogP contribution in [0.15, 0.2) is 53.3 Å². The average Bonchev–Trinajstić information content (AvgIpc) is 3.01. The molecule has 0 saturated carbocycles. The van der Waals surface area contributed by atoms with Gasteiger partial charge in [0.25, 0.3) is 0 Å². The lowest BCUT2D eigenvalue weighted by Gasteiger charge is -2.13. The molecular formula is C20H18ClF3N4O2. The number of carbonyl (C=O) groups is 1. The second-order valence-electron chi connectivity index (χ2n) is 6.45. The molecule has 6 nitrogen and oxygen atoms in total. The van der Waals surface area contributed by atoms with Gasteiger partial charge in [-0.3, -0.25) is 9.36 Å². The van der Waals surface area contributed by atoms with Gasteiger partial charge < -0.3 is 5.32 Å². The third kappa shape index (κ3) is 4.73. The van der Waals surface area contributed by atoms with Crippen LogP contribution in [-0.2, 0) is 30.6 Å². The fraction of sp³-hybridized carbons (Fsp3) is 0.250. The number of nitrogens with zero attached hydrogens (tertiary/aromatic N) is 3. The molecule has 3 rings (SSSR count). The second kappa shape index (κ2) is 8.74. The minimum absolute atomic E-state index is 0.0633. The van der Waals surface area contributed by atoms with Crippen LogP contribution < -0.4 is 11.0 Å². The number of hydrogen-bond acceptors (Lipinski definition) is 3. The summed E-state index contributed by atoms with van der Waals surface area (Å²) < 4.78 is 41.6. The van der Waals surface area contributed by atoms with E-state index in [0.29, 0.717) is 23.0 Å². The number of amides is 1. The Morgan fingerprint density at radius 1 is 1.13 bits per heavy atom. The molecule has 0 radical (unpaired) electrons. The van der Waals surface area contributed by atoms with Gasteiger partial charge >= 0.3 is 11.9 Å². The first kappa shape index (κ1) is 21.6. The fourth-order valence-corrected chi connectivity index (χ4v) is 3.10. The molecule has 0 aliphatic heterocycles. The number of aromatic nitrogens is 3. The highest BCUT2D eigenvalue weighted by Crippen LogP contribution is 2.31. The number of carbonyl (C=O) groups excluding carboxylic acids is 1. The Labute approximate surface area is 174 Å². The van der Waals surface area contributed by atoms with E-state index in [9.17, 15) is 22.8 Å². The highest BCUT2D eigenvalue weighted by molar-refractivity contribution is 6.30. The van der Waals surface area contributed by atoms with E-state index in [1.807, 2.05) is 0 Å². The topological polar surface area (TPSA) is 68.9 Å². The lowest BCUT2D eigenvalue weighted by molar-refractivity contribution is -0.138. The van der Waals surface area contributed by atoms with Gasteiger partial charge in [-0.2, -0.15) is 13.2 Å². The molecule has 1 N–H and O–H groups in total. The zero-order chi connectivity index (χ0) is 21.9. The van der Waals surface area contributed by atoms with Crippen molar-refractivity contribution in [2.24, 2.45) is 0 Å².